The summed E-state index contributed by atoms with van der Waals surface area (Å²) in [6.07, 6.45) is 3.57. The van der Waals surface area contributed by atoms with Crippen molar-refractivity contribution in [3.8, 4) is 0 Å². The van der Waals surface area contributed by atoms with Crippen molar-refractivity contribution >= 4 is 17.2 Å². The maximum atomic E-state index is 10.7. The van der Waals surface area contributed by atoms with E-state index in [9.17, 15) is 4.79 Å². The Morgan fingerprint density at radius 1 is 1.38 bits per heavy atom. The molecule has 0 spiro atoms. The average Bonchev–Trinajstić information content (AvgIpc) is 2.58. The minimum atomic E-state index is 0.422. The van der Waals surface area contributed by atoms with E-state index in [2.05, 4.69) is 49.7 Å². The van der Waals surface area contributed by atoms with Crippen LogP contribution in [0.15, 0.2) is 24.4 Å². The van der Waals surface area contributed by atoms with E-state index in [-0.39, 0.29) is 0 Å². The molecule has 0 aliphatic rings. The molecule has 0 aliphatic heterocycles. The Labute approximate surface area is 95.9 Å². The number of hydrogen-bond acceptors (Lipinski definition) is 1. The van der Waals surface area contributed by atoms with Crippen LogP contribution in [0.2, 0.25) is 0 Å². The van der Waals surface area contributed by atoms with Crippen molar-refractivity contribution in [2.45, 2.75) is 33.2 Å². The number of aldehydes is 1. The van der Waals surface area contributed by atoms with E-state index in [1.807, 2.05) is 0 Å². The van der Waals surface area contributed by atoms with Crippen LogP contribution in [0.25, 0.3) is 10.9 Å². The zero-order valence-electron chi connectivity index (χ0n) is 10.0. The Hall–Kier alpha value is -1.57. The lowest BCUT2D eigenvalue weighted by atomic mass is 10.1. The van der Waals surface area contributed by atoms with Crippen molar-refractivity contribution in [3.63, 3.8) is 0 Å². The summed E-state index contributed by atoms with van der Waals surface area (Å²) in [5.74, 6) is 0. The Bertz CT molecular complexity index is 523. The smallest absolute Gasteiger partial charge is 0.124 e. The van der Waals surface area contributed by atoms with Gasteiger partial charge in [-0.1, -0.05) is 11.6 Å². The molecule has 1 aromatic carbocycles. The number of carbonyl (C=O) groups excluding carboxylic acids is 1. The second kappa shape index (κ2) is 4.12. The van der Waals surface area contributed by atoms with E-state index < -0.39 is 0 Å². The topological polar surface area (TPSA) is 22.0 Å². The quantitative estimate of drug-likeness (QED) is 0.720. The van der Waals surface area contributed by atoms with Gasteiger partial charge in [0.2, 0.25) is 0 Å². The molecule has 0 bridgehead atoms. The molecule has 0 unspecified atom stereocenters. The van der Waals surface area contributed by atoms with Gasteiger partial charge in [0.15, 0.2) is 0 Å². The molecule has 2 nitrogen and oxygen atoms in total. The first-order valence-corrected chi connectivity index (χ1v) is 5.67. The summed E-state index contributed by atoms with van der Waals surface area (Å²) < 4.78 is 2.23. The molecule has 84 valence electrons. The van der Waals surface area contributed by atoms with E-state index >= 15 is 0 Å². The highest BCUT2D eigenvalue weighted by molar-refractivity contribution is 5.86. The highest BCUT2D eigenvalue weighted by atomic mass is 16.1. The van der Waals surface area contributed by atoms with Crippen molar-refractivity contribution in [1.29, 1.82) is 0 Å². The number of benzene rings is 1. The van der Waals surface area contributed by atoms with E-state index in [0.29, 0.717) is 12.5 Å². The number of fused-ring (bicyclic) bond motifs is 1. The number of aryl methyl sites for hydroxylation is 1. The van der Waals surface area contributed by atoms with Gasteiger partial charge in [0.05, 0.1) is 0 Å². The van der Waals surface area contributed by atoms with Gasteiger partial charge in [0, 0.05) is 29.6 Å². The number of rotatable bonds is 3. The summed E-state index contributed by atoms with van der Waals surface area (Å²) in [5.41, 5.74) is 3.58. The molecule has 0 amide bonds. The molecule has 1 heterocycles. The molecule has 0 N–H and O–H groups in total. The molecule has 0 radical (unpaired) electrons. The fourth-order valence-corrected chi connectivity index (χ4v) is 2.12. The van der Waals surface area contributed by atoms with Crippen LogP contribution in [0.1, 0.15) is 31.0 Å². The summed E-state index contributed by atoms with van der Waals surface area (Å²) in [5, 5.41) is 1.21. The summed E-state index contributed by atoms with van der Waals surface area (Å²) in [7, 11) is 0. The van der Waals surface area contributed by atoms with E-state index in [0.717, 1.165) is 11.8 Å². The van der Waals surface area contributed by atoms with E-state index in [1.165, 1.54) is 16.5 Å². The normalized spacial score (nSPS) is 11.2. The minimum Gasteiger partial charge on any atom is -0.345 e. The predicted octanol–water partition coefficient (Wildman–Crippen LogP) is 3.27. The van der Waals surface area contributed by atoms with Gasteiger partial charge < -0.3 is 9.36 Å². The Balaban J connectivity index is 2.70. The zero-order chi connectivity index (χ0) is 11.7. The Kier molecular flexibility index (Phi) is 2.82. The second-order valence-electron chi connectivity index (χ2n) is 4.55. The van der Waals surface area contributed by atoms with Crippen LogP contribution in [0.3, 0.4) is 0 Å². The monoisotopic (exact) mass is 215 g/mol. The van der Waals surface area contributed by atoms with Crippen LogP contribution >= 0.6 is 0 Å². The van der Waals surface area contributed by atoms with Gasteiger partial charge in [-0.05, 0) is 38.5 Å². The Morgan fingerprint density at radius 2 is 2.12 bits per heavy atom. The molecule has 0 saturated heterocycles. The van der Waals surface area contributed by atoms with Crippen molar-refractivity contribution in [2.75, 3.05) is 0 Å². The molecule has 0 saturated carbocycles. The molecular formula is C14H17NO. The summed E-state index contributed by atoms with van der Waals surface area (Å²) in [6, 6.07) is 6.84. The SMILES string of the molecule is Cc1ccc2c(c1)c(CC=O)cn2C(C)C. The van der Waals surface area contributed by atoms with Crippen molar-refractivity contribution < 1.29 is 4.79 Å². The molecular weight excluding hydrogens is 198 g/mol. The first-order valence-electron chi connectivity index (χ1n) is 5.67. The fraction of sp³-hybridized carbons (Fsp3) is 0.357. The largest absolute Gasteiger partial charge is 0.345 e. The average molecular weight is 215 g/mol. The van der Waals surface area contributed by atoms with Crippen LogP contribution in [-0.4, -0.2) is 10.9 Å². The fourth-order valence-electron chi connectivity index (χ4n) is 2.12. The third-order valence-electron chi connectivity index (χ3n) is 2.93. The maximum absolute atomic E-state index is 10.7. The molecule has 2 heteroatoms. The van der Waals surface area contributed by atoms with Crippen molar-refractivity contribution in [1.82, 2.24) is 4.57 Å². The second-order valence-corrected chi connectivity index (χ2v) is 4.55. The predicted molar refractivity (Wildman–Crippen MR) is 66.8 cm³/mol. The third kappa shape index (κ3) is 1.75. The standard InChI is InChI=1S/C14H17NO/c1-10(2)15-9-12(6-7-16)13-8-11(3)4-5-14(13)15/h4-5,7-10H,6H2,1-3H3. The lowest BCUT2D eigenvalue weighted by molar-refractivity contribution is -0.107. The highest BCUT2D eigenvalue weighted by Crippen LogP contribution is 2.25. The first-order chi connectivity index (χ1) is 7.63. The number of hydrogen-bond donors (Lipinski definition) is 0. The molecule has 0 fully saturated rings. The number of carbonyl (C=O) groups is 1. The van der Waals surface area contributed by atoms with Gasteiger partial charge in [0.1, 0.15) is 6.29 Å². The highest BCUT2D eigenvalue weighted by Gasteiger charge is 2.09. The molecule has 2 aromatic rings. The van der Waals surface area contributed by atoms with Crippen LogP contribution in [0.4, 0.5) is 0 Å². The lowest BCUT2D eigenvalue weighted by Crippen LogP contribution is -1.97. The molecule has 16 heavy (non-hydrogen) atoms. The first kappa shape index (κ1) is 10.9. The van der Waals surface area contributed by atoms with E-state index in [1.54, 1.807) is 0 Å². The molecule has 0 aliphatic carbocycles. The summed E-state index contributed by atoms with van der Waals surface area (Å²) in [6.45, 7) is 6.39. The number of aromatic nitrogens is 1. The lowest BCUT2D eigenvalue weighted by Gasteiger charge is -2.08. The van der Waals surface area contributed by atoms with Crippen LogP contribution in [0.5, 0.6) is 0 Å². The van der Waals surface area contributed by atoms with Gasteiger partial charge in [-0.2, -0.15) is 0 Å². The van der Waals surface area contributed by atoms with Crippen molar-refractivity contribution in [2.24, 2.45) is 0 Å². The number of nitrogens with zero attached hydrogens (tertiary/aromatic N) is 1. The van der Waals surface area contributed by atoms with Crippen LogP contribution < -0.4 is 0 Å². The molecule has 1 aromatic heterocycles. The van der Waals surface area contributed by atoms with E-state index in [4.69, 9.17) is 0 Å². The minimum absolute atomic E-state index is 0.422. The third-order valence-corrected chi connectivity index (χ3v) is 2.93. The zero-order valence-corrected chi connectivity index (χ0v) is 10.0. The Morgan fingerprint density at radius 3 is 2.75 bits per heavy atom. The van der Waals surface area contributed by atoms with Crippen molar-refractivity contribution in [3.05, 3.63) is 35.5 Å². The van der Waals surface area contributed by atoms with Crippen LogP contribution in [0, 0.1) is 6.92 Å². The maximum Gasteiger partial charge on any atom is 0.124 e. The van der Waals surface area contributed by atoms with Crippen LogP contribution in [-0.2, 0) is 11.2 Å². The molecule has 2 rings (SSSR count). The van der Waals surface area contributed by atoms with Gasteiger partial charge >= 0.3 is 0 Å². The van der Waals surface area contributed by atoms with Gasteiger partial charge in [-0.25, -0.2) is 0 Å². The molecule has 0 atom stereocenters. The van der Waals surface area contributed by atoms with Gasteiger partial charge in [-0.15, -0.1) is 0 Å². The van der Waals surface area contributed by atoms with Gasteiger partial charge in [0.25, 0.3) is 0 Å². The summed E-state index contributed by atoms with van der Waals surface area (Å²) >= 11 is 0. The summed E-state index contributed by atoms with van der Waals surface area (Å²) in [4.78, 5) is 10.7. The van der Waals surface area contributed by atoms with Gasteiger partial charge in [-0.3, -0.25) is 0 Å².